The molecule has 0 bridgehead atoms. The fraction of sp³-hybridized carbons (Fsp3) is 0.650. The number of hydrogen-bond acceptors (Lipinski definition) is 6. The van der Waals surface area contributed by atoms with E-state index >= 15 is 0 Å². The number of thioether (sulfide) groups is 1. The van der Waals surface area contributed by atoms with E-state index in [0.29, 0.717) is 6.04 Å². The molecule has 0 spiro atoms. The fourth-order valence-electron chi connectivity index (χ4n) is 3.32. The highest BCUT2D eigenvalue weighted by Gasteiger charge is 2.26. The maximum atomic E-state index is 12.1. The summed E-state index contributed by atoms with van der Waals surface area (Å²) in [5.41, 5.74) is 0. The maximum absolute atomic E-state index is 12.1. The lowest BCUT2D eigenvalue weighted by Gasteiger charge is -2.31. The third-order valence-electron chi connectivity index (χ3n) is 5.16. The van der Waals surface area contributed by atoms with Gasteiger partial charge < -0.3 is 24.7 Å². The van der Waals surface area contributed by atoms with Crippen LogP contribution in [-0.4, -0.2) is 71.9 Å². The van der Waals surface area contributed by atoms with Crippen LogP contribution in [0.3, 0.4) is 0 Å². The number of nitrogens with zero attached hydrogens (tertiary/aromatic N) is 1. The molecule has 9 heteroatoms. The van der Waals surface area contributed by atoms with Gasteiger partial charge in [0.2, 0.25) is 0 Å². The van der Waals surface area contributed by atoms with Gasteiger partial charge >= 0.3 is 13.6 Å². The molecule has 0 unspecified atom stereocenters. The third-order valence-corrected chi connectivity index (χ3v) is 7.23. The summed E-state index contributed by atoms with van der Waals surface area (Å²) in [7, 11) is -2.01. The van der Waals surface area contributed by atoms with Crippen molar-refractivity contribution in [2.75, 3.05) is 45.2 Å². The van der Waals surface area contributed by atoms with E-state index in [-0.39, 0.29) is 31.1 Å². The van der Waals surface area contributed by atoms with Gasteiger partial charge in [0.15, 0.2) is 0 Å². The minimum atomic E-state index is -4.01. The first-order valence-electron chi connectivity index (χ1n) is 10.2. The number of ether oxygens (including phenoxy) is 1. The number of benzene rings is 1. The normalized spacial score (nSPS) is 17.2. The number of hydrogen-bond donors (Lipinski definition) is 3. The van der Waals surface area contributed by atoms with Crippen molar-refractivity contribution in [3.63, 3.8) is 0 Å². The maximum Gasteiger partial charge on any atom is 0.325 e. The van der Waals surface area contributed by atoms with Crippen LogP contribution >= 0.6 is 19.4 Å². The lowest BCUT2D eigenvalue weighted by Crippen LogP contribution is -2.40. The van der Waals surface area contributed by atoms with Crippen LogP contribution in [0.1, 0.15) is 25.7 Å². The van der Waals surface area contributed by atoms with Gasteiger partial charge in [-0.25, -0.2) is 0 Å². The lowest BCUT2D eigenvalue weighted by atomic mass is 9.97. The molecule has 0 aromatic heterocycles. The van der Waals surface area contributed by atoms with Crippen LogP contribution in [0.5, 0.6) is 0 Å². The Morgan fingerprint density at radius 1 is 1.31 bits per heavy atom. The Balaban J connectivity index is 1.60. The van der Waals surface area contributed by atoms with E-state index < -0.39 is 7.60 Å². The van der Waals surface area contributed by atoms with E-state index in [2.05, 4.69) is 34.5 Å². The molecule has 3 N–H and O–H groups in total. The van der Waals surface area contributed by atoms with Crippen LogP contribution in [0.2, 0.25) is 0 Å². The summed E-state index contributed by atoms with van der Waals surface area (Å²) < 4.78 is 16.0. The molecule has 0 aliphatic carbocycles. The van der Waals surface area contributed by atoms with E-state index in [9.17, 15) is 9.36 Å². The van der Waals surface area contributed by atoms with Crippen LogP contribution in [-0.2, 0) is 14.1 Å². The second-order valence-electron chi connectivity index (χ2n) is 7.42. The Kier molecular flexibility index (Phi) is 10.7. The standard InChI is InChI=1S/C20H33N2O5PS/c1-21-18(16-29-19-6-3-2-4-7-19)10-13-22-11-8-17(9-12-22)20(23)27-14-5-15-28(24,25)26/h2-4,6-7,17-18,21H,5,8-16H2,1H3,(H2,24,25,26)/t18-/m1/s1. The number of nitrogens with one attached hydrogen (secondary N) is 1. The summed E-state index contributed by atoms with van der Waals surface area (Å²) in [6.45, 7) is 2.84. The number of carbonyl (C=O) groups excluding carboxylic acids is 1. The van der Waals surface area contributed by atoms with Crippen molar-refractivity contribution in [1.29, 1.82) is 0 Å². The summed E-state index contributed by atoms with van der Waals surface area (Å²) in [4.78, 5) is 33.4. The molecule has 1 atom stereocenters. The monoisotopic (exact) mass is 444 g/mol. The summed E-state index contributed by atoms with van der Waals surface area (Å²) in [6, 6.07) is 10.9. The molecule has 29 heavy (non-hydrogen) atoms. The van der Waals surface area contributed by atoms with Gasteiger partial charge in [0, 0.05) is 16.7 Å². The molecule has 0 saturated carbocycles. The van der Waals surface area contributed by atoms with Crippen molar-refractivity contribution in [2.24, 2.45) is 5.92 Å². The zero-order valence-corrected chi connectivity index (χ0v) is 18.7. The Morgan fingerprint density at radius 2 is 2.00 bits per heavy atom. The van der Waals surface area contributed by atoms with Crippen molar-refractivity contribution in [1.82, 2.24) is 10.2 Å². The summed E-state index contributed by atoms with van der Waals surface area (Å²) in [5, 5.41) is 3.40. The van der Waals surface area contributed by atoms with Gasteiger partial charge in [-0.2, -0.15) is 0 Å². The Hall–Kier alpha value is -0.890. The number of rotatable bonds is 12. The highest BCUT2D eigenvalue weighted by Crippen LogP contribution is 2.34. The van der Waals surface area contributed by atoms with Gasteiger partial charge in [-0.05, 0) is 64.5 Å². The molecule has 1 aliphatic heterocycles. The predicted octanol–water partition coefficient (Wildman–Crippen LogP) is 2.58. The number of carbonyl (C=O) groups is 1. The van der Waals surface area contributed by atoms with E-state index in [0.717, 1.165) is 44.6 Å². The fourth-order valence-corrected chi connectivity index (χ4v) is 4.93. The van der Waals surface area contributed by atoms with E-state index in [4.69, 9.17) is 14.5 Å². The molecule has 1 aliphatic rings. The summed E-state index contributed by atoms with van der Waals surface area (Å²) >= 11 is 1.86. The van der Waals surface area contributed by atoms with Crippen LogP contribution in [0.25, 0.3) is 0 Å². The van der Waals surface area contributed by atoms with Crippen molar-refractivity contribution in [3.8, 4) is 0 Å². The van der Waals surface area contributed by atoms with E-state index in [1.165, 1.54) is 4.90 Å². The zero-order chi connectivity index (χ0) is 21.1. The highest BCUT2D eigenvalue weighted by atomic mass is 32.2. The minimum Gasteiger partial charge on any atom is -0.465 e. The van der Waals surface area contributed by atoms with Gasteiger partial charge in [0.05, 0.1) is 18.7 Å². The second kappa shape index (κ2) is 12.7. The van der Waals surface area contributed by atoms with Gasteiger partial charge in [0.25, 0.3) is 0 Å². The van der Waals surface area contributed by atoms with Crippen LogP contribution in [0, 0.1) is 5.92 Å². The molecular weight excluding hydrogens is 411 g/mol. The number of piperidine rings is 1. The van der Waals surface area contributed by atoms with E-state index in [1.54, 1.807) is 0 Å². The molecule has 1 aromatic rings. The van der Waals surface area contributed by atoms with Gasteiger partial charge in [0.1, 0.15) is 0 Å². The molecular formula is C20H33N2O5PS. The molecule has 7 nitrogen and oxygen atoms in total. The van der Waals surface area contributed by atoms with Crippen molar-refractivity contribution in [2.45, 2.75) is 36.6 Å². The Morgan fingerprint density at radius 3 is 2.62 bits per heavy atom. The van der Waals surface area contributed by atoms with Crippen LogP contribution in [0.4, 0.5) is 0 Å². The molecule has 0 amide bonds. The molecule has 1 heterocycles. The topological polar surface area (TPSA) is 99.1 Å². The number of esters is 1. The van der Waals surface area contributed by atoms with Crippen molar-refractivity contribution in [3.05, 3.63) is 30.3 Å². The summed E-state index contributed by atoms with van der Waals surface area (Å²) in [6.07, 6.45) is 2.57. The second-order valence-corrected chi connectivity index (χ2v) is 10.3. The molecule has 0 radical (unpaired) electrons. The first-order chi connectivity index (χ1) is 13.9. The van der Waals surface area contributed by atoms with Gasteiger partial charge in [-0.15, -0.1) is 11.8 Å². The Labute approximate surface area is 177 Å². The van der Waals surface area contributed by atoms with Crippen LogP contribution in [0.15, 0.2) is 35.2 Å². The SMILES string of the molecule is CN[C@H](CCN1CCC(C(=O)OCCCP(=O)(O)O)CC1)CSc1ccccc1. The average Bonchev–Trinajstić information content (AvgIpc) is 2.71. The highest BCUT2D eigenvalue weighted by molar-refractivity contribution is 7.99. The molecule has 1 saturated heterocycles. The minimum absolute atomic E-state index is 0.0765. The van der Waals surface area contributed by atoms with Crippen molar-refractivity contribution >= 4 is 25.3 Å². The van der Waals surface area contributed by atoms with Crippen molar-refractivity contribution < 1.29 is 23.9 Å². The third kappa shape index (κ3) is 10.1. The predicted molar refractivity (Wildman–Crippen MR) is 116 cm³/mol. The lowest BCUT2D eigenvalue weighted by molar-refractivity contribution is -0.150. The smallest absolute Gasteiger partial charge is 0.325 e. The average molecular weight is 445 g/mol. The van der Waals surface area contributed by atoms with Gasteiger partial charge in [-0.3, -0.25) is 9.36 Å². The zero-order valence-electron chi connectivity index (χ0n) is 17.0. The molecule has 1 fully saturated rings. The number of likely N-dealkylation sites (tertiary alicyclic amines) is 1. The van der Waals surface area contributed by atoms with Gasteiger partial charge in [-0.1, -0.05) is 18.2 Å². The Bertz CT molecular complexity index is 650. The van der Waals surface area contributed by atoms with E-state index in [1.807, 2.05) is 24.9 Å². The summed E-state index contributed by atoms with van der Waals surface area (Å²) in [5.74, 6) is 0.690. The largest absolute Gasteiger partial charge is 0.465 e. The molecule has 164 valence electrons. The first kappa shape index (κ1) is 24.4. The molecule has 2 rings (SSSR count). The van der Waals surface area contributed by atoms with Crippen LogP contribution < -0.4 is 5.32 Å². The quantitative estimate of drug-likeness (QED) is 0.196. The molecule has 1 aromatic carbocycles. The first-order valence-corrected chi connectivity index (χ1v) is 12.9.